The fraction of sp³-hybridized carbons (Fsp3) is 0.280. The molecule has 2 aromatic carbocycles. The van der Waals surface area contributed by atoms with E-state index in [2.05, 4.69) is 6.07 Å². The summed E-state index contributed by atoms with van der Waals surface area (Å²) in [6, 6.07) is 15.5. The Morgan fingerprint density at radius 2 is 1.79 bits per heavy atom. The summed E-state index contributed by atoms with van der Waals surface area (Å²) < 4.78 is 4.51. The fourth-order valence-corrected chi connectivity index (χ4v) is 6.10. The van der Waals surface area contributed by atoms with Crippen LogP contribution in [0.4, 0.5) is 0 Å². The number of carbonyl (C=O) groups excluding carboxylic acids is 1. The van der Waals surface area contributed by atoms with Gasteiger partial charge in [-0.1, -0.05) is 59.0 Å². The van der Waals surface area contributed by atoms with Gasteiger partial charge in [0, 0.05) is 13.1 Å². The van der Waals surface area contributed by atoms with Gasteiger partial charge in [0.1, 0.15) is 4.70 Å². The summed E-state index contributed by atoms with van der Waals surface area (Å²) in [4.78, 5) is 33.1. The van der Waals surface area contributed by atoms with E-state index in [9.17, 15) is 9.59 Å². The lowest BCUT2D eigenvalue weighted by Crippen LogP contribution is -2.32. The number of hydrogen-bond acceptors (Lipinski definition) is 6. The van der Waals surface area contributed by atoms with Gasteiger partial charge in [0.2, 0.25) is 5.91 Å². The molecule has 9 heteroatoms. The number of benzene rings is 2. The zero-order chi connectivity index (χ0) is 24.4. The van der Waals surface area contributed by atoms with Crippen LogP contribution in [0.15, 0.2) is 58.5 Å². The van der Waals surface area contributed by atoms with Crippen molar-refractivity contribution in [2.75, 3.05) is 18.8 Å². The first-order valence-corrected chi connectivity index (χ1v) is 13.3. The minimum atomic E-state index is -0.186. The smallest absolute Gasteiger partial charge is 0.278 e. The number of fused-ring (bicyclic) bond motifs is 1. The molecule has 4 aromatic rings. The van der Waals surface area contributed by atoms with Gasteiger partial charge in [0.15, 0.2) is 14.8 Å². The summed E-state index contributed by atoms with van der Waals surface area (Å²) in [7, 11) is 0. The van der Waals surface area contributed by atoms with Gasteiger partial charge >= 0.3 is 0 Å². The molecule has 0 aliphatic rings. The first-order chi connectivity index (χ1) is 16.3. The van der Waals surface area contributed by atoms with Crippen LogP contribution in [0.3, 0.4) is 0 Å². The van der Waals surface area contributed by atoms with Crippen molar-refractivity contribution in [1.29, 1.82) is 0 Å². The van der Waals surface area contributed by atoms with E-state index in [4.69, 9.17) is 17.2 Å². The Balaban J connectivity index is 1.93. The zero-order valence-electron chi connectivity index (χ0n) is 19.6. The zero-order valence-corrected chi connectivity index (χ0v) is 22.0. The fourth-order valence-electron chi connectivity index (χ4n) is 3.90. The van der Waals surface area contributed by atoms with Crippen molar-refractivity contribution in [3.8, 4) is 11.4 Å². The van der Waals surface area contributed by atoms with Crippen molar-refractivity contribution in [2.45, 2.75) is 32.9 Å². The Labute approximate surface area is 211 Å². The van der Waals surface area contributed by atoms with Crippen molar-refractivity contribution in [3.63, 3.8) is 0 Å². The maximum absolute atomic E-state index is 13.7. The normalized spacial score (nSPS) is 11.2. The van der Waals surface area contributed by atoms with E-state index < -0.39 is 0 Å². The lowest BCUT2D eigenvalue weighted by atomic mass is 10.1. The molecule has 2 aromatic heterocycles. The number of hydrogen-bond donors (Lipinski definition) is 0. The molecular weight excluding hydrogens is 485 g/mol. The maximum atomic E-state index is 13.7. The van der Waals surface area contributed by atoms with Crippen molar-refractivity contribution in [2.24, 2.45) is 0 Å². The predicted molar refractivity (Wildman–Crippen MR) is 144 cm³/mol. The van der Waals surface area contributed by atoms with Crippen molar-refractivity contribution in [1.82, 2.24) is 19.0 Å². The maximum Gasteiger partial charge on any atom is 0.278 e. The third-order valence-electron chi connectivity index (χ3n) is 5.63. The van der Waals surface area contributed by atoms with Crippen molar-refractivity contribution in [3.05, 3.63) is 74.0 Å². The average molecular weight is 511 g/mol. The van der Waals surface area contributed by atoms with Crippen LogP contribution in [-0.4, -0.2) is 43.8 Å². The van der Waals surface area contributed by atoms with E-state index in [1.54, 1.807) is 9.47 Å². The van der Waals surface area contributed by atoms with Crippen LogP contribution >= 0.6 is 35.3 Å². The van der Waals surface area contributed by atoms with Crippen LogP contribution in [0.1, 0.15) is 25.0 Å². The van der Waals surface area contributed by atoms with E-state index in [-0.39, 0.29) is 17.2 Å². The number of aromatic nitrogens is 3. The third kappa shape index (κ3) is 4.60. The summed E-state index contributed by atoms with van der Waals surface area (Å²) in [5.74, 6) is 0.210. The standard InChI is InChI=1S/C25H26N4O2S3/c1-5-27(6-2)20(30)15-33-24-26-22-21(23(31)28(24)18-10-8-7-9-11-18)34-25(32)29(22)19-13-12-16(3)14-17(19)4/h7-14H,5-6,15H2,1-4H3. The van der Waals surface area contributed by atoms with E-state index in [0.29, 0.717) is 38.2 Å². The van der Waals surface area contributed by atoms with Crippen LogP contribution < -0.4 is 5.56 Å². The second-order valence-corrected chi connectivity index (χ2v) is 10.5. The van der Waals surface area contributed by atoms with Gasteiger partial charge in [-0.05, 0) is 63.7 Å². The average Bonchev–Trinajstić information content (AvgIpc) is 3.15. The highest BCUT2D eigenvalue weighted by atomic mass is 32.2. The molecule has 0 saturated heterocycles. The lowest BCUT2D eigenvalue weighted by Gasteiger charge is -2.19. The first-order valence-electron chi connectivity index (χ1n) is 11.1. The molecule has 0 spiro atoms. The quantitative estimate of drug-likeness (QED) is 0.185. The molecule has 0 bridgehead atoms. The minimum Gasteiger partial charge on any atom is -0.343 e. The van der Waals surface area contributed by atoms with E-state index in [0.717, 1.165) is 16.8 Å². The topological polar surface area (TPSA) is 60.1 Å². The molecule has 4 rings (SSSR count). The second kappa shape index (κ2) is 10.2. The summed E-state index contributed by atoms with van der Waals surface area (Å²) in [6.07, 6.45) is 0. The van der Waals surface area contributed by atoms with Gasteiger partial charge in [-0.2, -0.15) is 0 Å². The molecule has 176 valence electrons. The Bertz CT molecular complexity index is 1470. The second-order valence-electron chi connectivity index (χ2n) is 7.87. The number of thiazole rings is 1. The van der Waals surface area contributed by atoms with Crippen LogP contribution in [0.2, 0.25) is 0 Å². The highest BCUT2D eigenvalue weighted by molar-refractivity contribution is 7.99. The number of carbonyl (C=O) groups is 1. The Hall–Kier alpha value is -2.75. The summed E-state index contributed by atoms with van der Waals surface area (Å²) in [6.45, 7) is 9.27. The SMILES string of the molecule is CCN(CC)C(=O)CSc1nc2c(sc(=S)n2-c2ccc(C)cc2C)c(=O)n1-c1ccccc1. The number of aryl methyl sites for hydroxylation is 2. The predicted octanol–water partition coefficient (Wildman–Crippen LogP) is 5.54. The van der Waals surface area contributed by atoms with E-state index in [1.807, 2.05) is 74.7 Å². The van der Waals surface area contributed by atoms with Crippen LogP contribution in [0.25, 0.3) is 21.7 Å². The molecule has 0 saturated carbocycles. The number of rotatable bonds is 7. The van der Waals surface area contributed by atoms with Gasteiger partial charge < -0.3 is 4.90 Å². The molecule has 0 unspecified atom stereocenters. The molecule has 0 aliphatic heterocycles. The van der Waals surface area contributed by atoms with Crippen molar-refractivity contribution < 1.29 is 4.79 Å². The lowest BCUT2D eigenvalue weighted by molar-refractivity contribution is -0.127. The molecule has 34 heavy (non-hydrogen) atoms. The molecule has 0 atom stereocenters. The van der Waals surface area contributed by atoms with E-state index >= 15 is 0 Å². The third-order valence-corrected chi connectivity index (χ3v) is 7.90. The first kappa shape index (κ1) is 24.4. The number of thioether (sulfide) groups is 1. The Morgan fingerprint density at radius 3 is 2.44 bits per heavy atom. The number of para-hydroxylation sites is 1. The van der Waals surface area contributed by atoms with Gasteiger partial charge in [-0.25, -0.2) is 4.98 Å². The van der Waals surface area contributed by atoms with Gasteiger partial charge in [0.05, 0.1) is 17.1 Å². The summed E-state index contributed by atoms with van der Waals surface area (Å²) in [5, 5.41) is 0.468. The molecule has 1 amide bonds. The number of nitrogens with zero attached hydrogens (tertiary/aromatic N) is 4. The molecular formula is C25H26N4O2S3. The largest absolute Gasteiger partial charge is 0.343 e. The minimum absolute atomic E-state index is 0.0143. The molecule has 0 radical (unpaired) electrons. The van der Waals surface area contributed by atoms with Crippen LogP contribution in [-0.2, 0) is 4.79 Å². The summed E-state index contributed by atoms with van der Waals surface area (Å²) in [5.41, 5.74) is 4.15. The molecule has 2 heterocycles. The Morgan fingerprint density at radius 1 is 1.09 bits per heavy atom. The molecule has 6 nitrogen and oxygen atoms in total. The van der Waals surface area contributed by atoms with E-state index in [1.165, 1.54) is 23.1 Å². The van der Waals surface area contributed by atoms with Gasteiger partial charge in [0.25, 0.3) is 5.56 Å². The monoisotopic (exact) mass is 510 g/mol. The molecule has 0 N–H and O–H groups in total. The van der Waals surface area contributed by atoms with Gasteiger partial charge in [-0.15, -0.1) is 0 Å². The van der Waals surface area contributed by atoms with Crippen LogP contribution in [0.5, 0.6) is 0 Å². The highest BCUT2D eigenvalue weighted by Crippen LogP contribution is 2.29. The highest BCUT2D eigenvalue weighted by Gasteiger charge is 2.21. The molecule has 0 aliphatic carbocycles. The van der Waals surface area contributed by atoms with Crippen LogP contribution in [0, 0.1) is 17.8 Å². The molecule has 0 fully saturated rings. The Kier molecular flexibility index (Phi) is 7.35. The summed E-state index contributed by atoms with van der Waals surface area (Å²) >= 11 is 8.23. The van der Waals surface area contributed by atoms with Crippen molar-refractivity contribution >= 4 is 51.6 Å². The van der Waals surface area contributed by atoms with Gasteiger partial charge in [-0.3, -0.25) is 18.7 Å². The number of amides is 1.